The van der Waals surface area contributed by atoms with Crippen molar-refractivity contribution in [3.8, 4) is 0 Å². The summed E-state index contributed by atoms with van der Waals surface area (Å²) in [6.07, 6.45) is 3.42. The van der Waals surface area contributed by atoms with Crippen LogP contribution >= 0.6 is 22.9 Å². The highest BCUT2D eigenvalue weighted by molar-refractivity contribution is 7.89. The topological polar surface area (TPSA) is 83.5 Å². The SMILES string of the molecule is Cc1ccc(Cl)c2sc(N(Cc3ccccn3)C(=O)c3ccc(S(=O)(=O)N(C)C4CC4)cc3)nc12. The number of sulfonamides is 1. The van der Waals surface area contributed by atoms with Crippen LogP contribution in [-0.2, 0) is 16.6 Å². The van der Waals surface area contributed by atoms with Crippen molar-refractivity contribution in [1.82, 2.24) is 14.3 Å². The first kappa shape index (κ1) is 23.9. The van der Waals surface area contributed by atoms with Crippen LogP contribution in [0.15, 0.2) is 65.7 Å². The van der Waals surface area contributed by atoms with Crippen molar-refractivity contribution in [1.29, 1.82) is 0 Å². The quantitative estimate of drug-likeness (QED) is 0.327. The summed E-state index contributed by atoms with van der Waals surface area (Å²) in [6, 6.07) is 15.4. The lowest BCUT2D eigenvalue weighted by molar-refractivity contribution is 0.0984. The number of hydrogen-bond acceptors (Lipinski definition) is 6. The molecule has 2 heterocycles. The highest BCUT2D eigenvalue weighted by atomic mass is 35.5. The molecule has 0 bridgehead atoms. The summed E-state index contributed by atoms with van der Waals surface area (Å²) in [7, 11) is -1.99. The number of amides is 1. The maximum absolute atomic E-state index is 13.7. The maximum atomic E-state index is 13.7. The standard InChI is InChI=1S/C25H23ClN4O3S2/c1-16-6-13-21(26)23-22(16)28-25(34-23)30(15-18-5-3-4-14-27-18)24(31)17-7-11-20(12-8-17)35(32,33)29(2)19-9-10-19/h3-8,11-14,19H,9-10,15H2,1-2H3. The molecule has 0 atom stereocenters. The van der Waals surface area contributed by atoms with Crippen molar-refractivity contribution < 1.29 is 13.2 Å². The number of anilines is 1. The van der Waals surface area contributed by atoms with Gasteiger partial charge in [0.15, 0.2) is 5.13 Å². The summed E-state index contributed by atoms with van der Waals surface area (Å²) in [5.74, 6) is -0.303. The van der Waals surface area contributed by atoms with Crippen molar-refractivity contribution in [2.75, 3.05) is 11.9 Å². The van der Waals surface area contributed by atoms with Gasteiger partial charge in [-0.05, 0) is 67.8 Å². The zero-order valence-corrected chi connectivity index (χ0v) is 21.6. The van der Waals surface area contributed by atoms with Crippen LogP contribution in [0.1, 0.15) is 34.5 Å². The first-order chi connectivity index (χ1) is 16.8. The number of nitrogens with zero attached hydrogens (tertiary/aromatic N) is 4. The van der Waals surface area contributed by atoms with E-state index in [1.54, 1.807) is 30.3 Å². The number of pyridine rings is 1. The second-order valence-electron chi connectivity index (χ2n) is 8.53. The van der Waals surface area contributed by atoms with Gasteiger partial charge in [0.2, 0.25) is 10.0 Å². The van der Waals surface area contributed by atoms with E-state index in [1.165, 1.54) is 27.8 Å². The van der Waals surface area contributed by atoms with Gasteiger partial charge in [0.05, 0.1) is 32.4 Å². The number of fused-ring (bicyclic) bond motifs is 1. The molecule has 0 radical (unpaired) electrons. The lowest BCUT2D eigenvalue weighted by Crippen LogP contribution is -2.31. The van der Waals surface area contributed by atoms with Crippen LogP contribution in [0.3, 0.4) is 0 Å². The van der Waals surface area contributed by atoms with E-state index in [9.17, 15) is 13.2 Å². The Bertz CT molecular complexity index is 1460. The van der Waals surface area contributed by atoms with Crippen molar-refractivity contribution in [3.05, 3.63) is 82.6 Å². The number of aromatic nitrogens is 2. The Hall–Kier alpha value is -2.85. The smallest absolute Gasteiger partial charge is 0.260 e. The molecular weight excluding hydrogens is 504 g/mol. The Kier molecular flexibility index (Phi) is 6.35. The van der Waals surface area contributed by atoms with Gasteiger partial charge in [0.1, 0.15) is 0 Å². The molecular formula is C25H23ClN4O3S2. The van der Waals surface area contributed by atoms with E-state index in [-0.39, 0.29) is 23.4 Å². The van der Waals surface area contributed by atoms with Crippen LogP contribution in [0.5, 0.6) is 0 Å². The highest BCUT2D eigenvalue weighted by Crippen LogP contribution is 2.37. The molecule has 2 aromatic carbocycles. The van der Waals surface area contributed by atoms with Gasteiger partial charge in [0, 0.05) is 24.8 Å². The molecule has 1 aliphatic carbocycles. The first-order valence-electron chi connectivity index (χ1n) is 11.1. The number of carbonyl (C=O) groups excluding carboxylic acids is 1. The fraction of sp³-hybridized carbons (Fsp3) is 0.240. The summed E-state index contributed by atoms with van der Waals surface area (Å²) < 4.78 is 27.9. The van der Waals surface area contributed by atoms with Crippen LogP contribution in [0.25, 0.3) is 10.2 Å². The van der Waals surface area contributed by atoms with E-state index in [1.807, 2.05) is 37.3 Å². The average molecular weight is 527 g/mol. The van der Waals surface area contributed by atoms with E-state index in [2.05, 4.69) is 4.98 Å². The zero-order chi connectivity index (χ0) is 24.7. The second-order valence-corrected chi connectivity index (χ2v) is 11.9. The van der Waals surface area contributed by atoms with Crippen LogP contribution in [0.2, 0.25) is 5.02 Å². The monoisotopic (exact) mass is 526 g/mol. The summed E-state index contributed by atoms with van der Waals surface area (Å²) in [4.78, 5) is 24.5. The number of rotatable bonds is 7. The predicted octanol–water partition coefficient (Wildman–Crippen LogP) is 5.28. The van der Waals surface area contributed by atoms with Crippen molar-refractivity contribution >= 4 is 54.2 Å². The maximum Gasteiger partial charge on any atom is 0.260 e. The molecule has 1 saturated carbocycles. The van der Waals surface area contributed by atoms with Crippen LogP contribution < -0.4 is 4.90 Å². The minimum atomic E-state index is -3.59. The van der Waals surface area contributed by atoms with Crippen LogP contribution in [0.4, 0.5) is 5.13 Å². The number of hydrogen-bond donors (Lipinski definition) is 0. The Morgan fingerprint density at radius 1 is 1.11 bits per heavy atom. The minimum absolute atomic E-state index is 0.0597. The highest BCUT2D eigenvalue weighted by Gasteiger charge is 2.35. The lowest BCUT2D eigenvalue weighted by atomic mass is 10.2. The Morgan fingerprint density at radius 2 is 1.86 bits per heavy atom. The van der Waals surface area contributed by atoms with Gasteiger partial charge in [0.25, 0.3) is 5.91 Å². The molecule has 5 rings (SSSR count). The fourth-order valence-electron chi connectivity index (χ4n) is 3.81. The van der Waals surface area contributed by atoms with Gasteiger partial charge >= 0.3 is 0 Å². The summed E-state index contributed by atoms with van der Waals surface area (Å²) in [5.41, 5.74) is 2.77. The van der Waals surface area contributed by atoms with Crippen LogP contribution in [0, 0.1) is 6.92 Å². The van der Waals surface area contributed by atoms with Crippen LogP contribution in [-0.4, -0.2) is 41.7 Å². The van der Waals surface area contributed by atoms with Gasteiger partial charge in [-0.2, -0.15) is 4.31 Å². The largest absolute Gasteiger partial charge is 0.278 e. The van der Waals surface area contributed by atoms with Crippen molar-refractivity contribution in [2.24, 2.45) is 0 Å². The Morgan fingerprint density at radius 3 is 2.49 bits per heavy atom. The average Bonchev–Trinajstić information content (AvgIpc) is 3.62. The normalized spacial score (nSPS) is 13.9. The van der Waals surface area contributed by atoms with E-state index in [4.69, 9.17) is 16.6 Å². The molecule has 0 spiro atoms. The van der Waals surface area contributed by atoms with E-state index < -0.39 is 10.0 Å². The molecule has 0 N–H and O–H groups in total. The number of thiazole rings is 1. The number of benzene rings is 2. The summed E-state index contributed by atoms with van der Waals surface area (Å²) in [6.45, 7) is 2.16. The van der Waals surface area contributed by atoms with Gasteiger partial charge in [-0.15, -0.1) is 0 Å². The molecule has 180 valence electrons. The molecule has 2 aromatic heterocycles. The fourth-order valence-corrected chi connectivity index (χ4v) is 6.54. The van der Waals surface area contributed by atoms with Crippen molar-refractivity contribution in [3.63, 3.8) is 0 Å². The molecule has 1 fully saturated rings. The third kappa shape index (κ3) is 4.69. The van der Waals surface area contributed by atoms with Gasteiger partial charge in [-0.3, -0.25) is 14.7 Å². The number of halogens is 1. The molecule has 7 nitrogen and oxygen atoms in total. The Balaban J connectivity index is 1.51. The van der Waals surface area contributed by atoms with E-state index in [0.717, 1.165) is 28.6 Å². The molecule has 0 unspecified atom stereocenters. The van der Waals surface area contributed by atoms with Gasteiger partial charge in [-0.1, -0.05) is 35.1 Å². The van der Waals surface area contributed by atoms with Gasteiger partial charge in [-0.25, -0.2) is 13.4 Å². The third-order valence-corrected chi connectivity index (χ3v) is 9.51. The molecule has 4 aromatic rings. The van der Waals surface area contributed by atoms with E-state index in [0.29, 0.717) is 21.4 Å². The zero-order valence-electron chi connectivity index (χ0n) is 19.2. The lowest BCUT2D eigenvalue weighted by Gasteiger charge is -2.20. The molecule has 0 aliphatic heterocycles. The summed E-state index contributed by atoms with van der Waals surface area (Å²) >= 11 is 7.75. The molecule has 1 amide bonds. The third-order valence-electron chi connectivity index (χ3n) is 6.05. The first-order valence-corrected chi connectivity index (χ1v) is 13.7. The number of aryl methyl sites for hydroxylation is 1. The molecule has 0 saturated heterocycles. The number of carbonyl (C=O) groups is 1. The molecule has 35 heavy (non-hydrogen) atoms. The van der Waals surface area contributed by atoms with Crippen molar-refractivity contribution in [2.45, 2.75) is 37.2 Å². The molecule has 10 heteroatoms. The second kappa shape index (κ2) is 9.31. The summed E-state index contributed by atoms with van der Waals surface area (Å²) in [5, 5.41) is 1.07. The minimum Gasteiger partial charge on any atom is -0.278 e. The predicted molar refractivity (Wildman–Crippen MR) is 139 cm³/mol. The van der Waals surface area contributed by atoms with Gasteiger partial charge < -0.3 is 0 Å². The Labute approximate surface area is 213 Å². The van der Waals surface area contributed by atoms with E-state index >= 15 is 0 Å². The molecule has 1 aliphatic rings.